The van der Waals surface area contributed by atoms with E-state index in [0.29, 0.717) is 5.92 Å². The molecule has 2 aliphatic heterocycles. The van der Waals surface area contributed by atoms with Gasteiger partial charge in [-0.25, -0.2) is 0 Å². The quantitative estimate of drug-likeness (QED) is 0.815. The minimum Gasteiger partial charge on any atom is -0.318 e. The van der Waals surface area contributed by atoms with Crippen LogP contribution in [0.4, 0.5) is 0 Å². The number of carbonyl (C=O) groups excluding carboxylic acids is 1. The molecule has 1 saturated carbocycles. The molecule has 2 N–H and O–H groups in total. The standard InChI is InChI=1S/C19H30N4O/c1-12-15(9-20)19(24)23(3)13(2)17(12)18-16(10-21-11-22-18)14-7-5-4-6-8-14/h12,14-16,18,21-22H,4-8,10-11H2,1-3H3. The van der Waals surface area contributed by atoms with Crippen molar-refractivity contribution in [3.05, 3.63) is 11.3 Å². The van der Waals surface area contributed by atoms with E-state index in [9.17, 15) is 10.1 Å². The third-order valence-corrected chi connectivity index (χ3v) is 6.49. The van der Waals surface area contributed by atoms with E-state index in [0.717, 1.165) is 24.8 Å². The smallest absolute Gasteiger partial charge is 0.244 e. The fourth-order valence-electron chi connectivity index (χ4n) is 5.00. The monoisotopic (exact) mass is 330 g/mol. The molecule has 2 fully saturated rings. The summed E-state index contributed by atoms with van der Waals surface area (Å²) in [4.78, 5) is 14.1. The maximum atomic E-state index is 12.4. The van der Waals surface area contributed by atoms with E-state index in [-0.39, 0.29) is 17.9 Å². The number of rotatable bonds is 2. The highest BCUT2D eigenvalue weighted by atomic mass is 16.2. The number of carbonyl (C=O) groups is 1. The Labute approximate surface area is 145 Å². The normalized spacial score (nSPS) is 35.9. The van der Waals surface area contributed by atoms with Crippen molar-refractivity contribution in [3.8, 4) is 6.07 Å². The predicted octanol–water partition coefficient (Wildman–Crippen LogP) is 2.22. The maximum Gasteiger partial charge on any atom is 0.244 e. The predicted molar refractivity (Wildman–Crippen MR) is 93.6 cm³/mol. The van der Waals surface area contributed by atoms with Gasteiger partial charge in [0.15, 0.2) is 0 Å². The fraction of sp³-hybridized carbons (Fsp3) is 0.789. The van der Waals surface area contributed by atoms with Crippen molar-refractivity contribution in [2.75, 3.05) is 20.3 Å². The van der Waals surface area contributed by atoms with Gasteiger partial charge in [0, 0.05) is 37.9 Å². The van der Waals surface area contributed by atoms with E-state index in [1.807, 2.05) is 14.0 Å². The third kappa shape index (κ3) is 2.98. The van der Waals surface area contributed by atoms with Gasteiger partial charge in [-0.3, -0.25) is 10.1 Å². The molecule has 24 heavy (non-hydrogen) atoms. The van der Waals surface area contributed by atoms with E-state index in [1.54, 1.807) is 4.90 Å². The first kappa shape index (κ1) is 17.4. The Hall–Kier alpha value is -1.38. The second-order valence-corrected chi connectivity index (χ2v) is 7.71. The Balaban J connectivity index is 1.93. The van der Waals surface area contributed by atoms with Crippen LogP contribution in [-0.4, -0.2) is 37.1 Å². The van der Waals surface area contributed by atoms with Crippen molar-refractivity contribution < 1.29 is 4.79 Å². The summed E-state index contributed by atoms with van der Waals surface area (Å²) in [5.41, 5.74) is 2.32. The first-order chi connectivity index (χ1) is 11.6. The molecule has 2 heterocycles. The van der Waals surface area contributed by atoms with Gasteiger partial charge in [0.05, 0.1) is 6.07 Å². The minimum atomic E-state index is -0.558. The van der Waals surface area contributed by atoms with Crippen LogP contribution in [0.15, 0.2) is 11.3 Å². The van der Waals surface area contributed by atoms with E-state index in [2.05, 4.69) is 23.6 Å². The topological polar surface area (TPSA) is 68.2 Å². The Morgan fingerprint density at radius 3 is 2.62 bits per heavy atom. The summed E-state index contributed by atoms with van der Waals surface area (Å²) < 4.78 is 0. The zero-order valence-corrected chi connectivity index (χ0v) is 15.1. The van der Waals surface area contributed by atoms with Gasteiger partial charge in [-0.2, -0.15) is 5.26 Å². The Kier molecular flexibility index (Phi) is 5.27. The number of hydrogen-bond donors (Lipinski definition) is 2. The molecule has 3 rings (SSSR count). The highest BCUT2D eigenvalue weighted by molar-refractivity contribution is 5.85. The van der Waals surface area contributed by atoms with Crippen LogP contribution in [0.3, 0.4) is 0 Å². The second-order valence-electron chi connectivity index (χ2n) is 7.71. The average Bonchev–Trinajstić information content (AvgIpc) is 2.62. The molecule has 1 amide bonds. The highest BCUT2D eigenvalue weighted by Gasteiger charge is 2.43. The summed E-state index contributed by atoms with van der Waals surface area (Å²) in [6, 6.07) is 2.52. The van der Waals surface area contributed by atoms with E-state index < -0.39 is 5.92 Å². The third-order valence-electron chi connectivity index (χ3n) is 6.49. The largest absolute Gasteiger partial charge is 0.318 e. The molecule has 0 bridgehead atoms. The van der Waals surface area contributed by atoms with Crippen molar-refractivity contribution in [1.82, 2.24) is 15.5 Å². The van der Waals surface area contributed by atoms with Gasteiger partial charge in [0.25, 0.3) is 0 Å². The Morgan fingerprint density at radius 2 is 1.96 bits per heavy atom. The van der Waals surface area contributed by atoms with Crippen LogP contribution in [0.25, 0.3) is 0 Å². The maximum absolute atomic E-state index is 12.4. The van der Waals surface area contributed by atoms with Gasteiger partial charge < -0.3 is 10.2 Å². The van der Waals surface area contributed by atoms with Crippen LogP contribution in [-0.2, 0) is 4.79 Å². The van der Waals surface area contributed by atoms with Crippen LogP contribution >= 0.6 is 0 Å². The van der Waals surface area contributed by atoms with Crippen LogP contribution in [0.5, 0.6) is 0 Å². The summed E-state index contributed by atoms with van der Waals surface area (Å²) >= 11 is 0. The van der Waals surface area contributed by atoms with Gasteiger partial charge in [-0.1, -0.05) is 39.0 Å². The van der Waals surface area contributed by atoms with Crippen LogP contribution in [0, 0.1) is 35.0 Å². The summed E-state index contributed by atoms with van der Waals surface area (Å²) in [6.45, 7) is 5.92. The first-order valence-electron chi connectivity index (χ1n) is 9.38. The lowest BCUT2D eigenvalue weighted by Gasteiger charge is -2.45. The van der Waals surface area contributed by atoms with Crippen molar-refractivity contribution >= 4 is 5.91 Å². The van der Waals surface area contributed by atoms with E-state index >= 15 is 0 Å². The number of amides is 1. The van der Waals surface area contributed by atoms with E-state index in [4.69, 9.17) is 0 Å². The molecule has 3 aliphatic rings. The summed E-state index contributed by atoms with van der Waals surface area (Å²) in [5.74, 6) is 0.652. The molecule has 4 unspecified atom stereocenters. The van der Waals surface area contributed by atoms with Crippen LogP contribution < -0.4 is 10.6 Å². The molecule has 5 heteroatoms. The molecule has 4 atom stereocenters. The number of nitrogens with one attached hydrogen (secondary N) is 2. The van der Waals surface area contributed by atoms with E-state index in [1.165, 1.54) is 37.7 Å². The van der Waals surface area contributed by atoms with Gasteiger partial charge in [-0.15, -0.1) is 0 Å². The average molecular weight is 330 g/mol. The molecule has 0 spiro atoms. The molecular weight excluding hydrogens is 300 g/mol. The lowest BCUT2D eigenvalue weighted by molar-refractivity contribution is -0.132. The molecule has 5 nitrogen and oxygen atoms in total. The van der Waals surface area contributed by atoms with Crippen molar-refractivity contribution in [3.63, 3.8) is 0 Å². The summed E-state index contributed by atoms with van der Waals surface area (Å²) in [5, 5.41) is 16.7. The molecular formula is C19H30N4O. The molecule has 0 aromatic rings. The number of hydrogen-bond acceptors (Lipinski definition) is 4. The molecule has 0 radical (unpaired) electrons. The van der Waals surface area contributed by atoms with Crippen molar-refractivity contribution in [2.45, 2.75) is 52.0 Å². The number of allylic oxidation sites excluding steroid dienone is 1. The molecule has 0 aromatic carbocycles. The van der Waals surface area contributed by atoms with Crippen molar-refractivity contribution in [2.24, 2.45) is 23.7 Å². The van der Waals surface area contributed by atoms with Gasteiger partial charge >= 0.3 is 0 Å². The fourth-order valence-corrected chi connectivity index (χ4v) is 5.00. The summed E-state index contributed by atoms with van der Waals surface area (Å²) in [7, 11) is 1.81. The molecule has 1 aliphatic carbocycles. The zero-order valence-electron chi connectivity index (χ0n) is 15.1. The van der Waals surface area contributed by atoms with Gasteiger partial charge in [-0.05, 0) is 24.3 Å². The van der Waals surface area contributed by atoms with Gasteiger partial charge in [0.2, 0.25) is 5.91 Å². The minimum absolute atomic E-state index is 0.0135. The van der Waals surface area contributed by atoms with Gasteiger partial charge in [0.1, 0.15) is 5.92 Å². The first-order valence-corrected chi connectivity index (χ1v) is 9.38. The zero-order chi connectivity index (χ0) is 17.3. The Morgan fingerprint density at radius 1 is 1.25 bits per heavy atom. The van der Waals surface area contributed by atoms with Crippen LogP contribution in [0.2, 0.25) is 0 Å². The molecule has 132 valence electrons. The number of nitriles is 1. The summed E-state index contributed by atoms with van der Waals surface area (Å²) in [6.07, 6.45) is 6.64. The lowest BCUT2D eigenvalue weighted by Crippen LogP contribution is -2.57. The molecule has 1 saturated heterocycles. The highest BCUT2D eigenvalue weighted by Crippen LogP contribution is 2.40. The second kappa shape index (κ2) is 7.25. The Bertz CT molecular complexity index is 558. The lowest BCUT2D eigenvalue weighted by atomic mass is 9.69. The SMILES string of the molecule is CC1=C(C2NCNCC2C2CCCCC2)C(C)C(C#N)C(=O)N1C. The number of nitrogens with zero attached hydrogens (tertiary/aromatic N) is 2. The van der Waals surface area contributed by atoms with Crippen molar-refractivity contribution in [1.29, 1.82) is 5.26 Å². The molecule has 0 aromatic heterocycles. The van der Waals surface area contributed by atoms with Crippen LogP contribution in [0.1, 0.15) is 46.0 Å².